The van der Waals surface area contributed by atoms with Crippen LogP contribution in [0.15, 0.2) is 48.7 Å². The molecule has 1 amide bonds. The summed E-state index contributed by atoms with van der Waals surface area (Å²) in [6.45, 7) is 3.77. The third-order valence-electron chi connectivity index (χ3n) is 5.94. The number of anilines is 1. The fraction of sp³-hybridized carbons (Fsp3) is 0.348. The topological polar surface area (TPSA) is 57.4 Å². The summed E-state index contributed by atoms with van der Waals surface area (Å²) in [6.07, 6.45) is 4.25. The van der Waals surface area contributed by atoms with E-state index in [0.717, 1.165) is 25.9 Å². The standard InChI is InChI=1S/C23H26ClN3O2/c1-15(23(28)26-17-7-8-22(29-2)20(24)13-17)27-11-9-16(10-12-27)19-14-25-21-6-4-3-5-18(19)21/h3-8,13-16,25H,9-12H2,1-2H3,(H,26,28). The van der Waals surface area contributed by atoms with Gasteiger partial charge in [-0.2, -0.15) is 0 Å². The number of fused-ring (bicyclic) bond motifs is 1. The molecule has 4 rings (SSSR count). The van der Waals surface area contributed by atoms with Gasteiger partial charge in [0.15, 0.2) is 0 Å². The number of nitrogens with zero attached hydrogens (tertiary/aromatic N) is 1. The van der Waals surface area contributed by atoms with Crippen molar-refractivity contribution in [3.8, 4) is 5.75 Å². The highest BCUT2D eigenvalue weighted by Crippen LogP contribution is 2.34. The number of hydrogen-bond donors (Lipinski definition) is 2. The number of benzene rings is 2. The lowest BCUT2D eigenvalue weighted by Gasteiger charge is -2.35. The molecule has 1 fully saturated rings. The number of ether oxygens (including phenoxy) is 1. The van der Waals surface area contributed by atoms with Crippen LogP contribution in [0.2, 0.25) is 5.02 Å². The number of amides is 1. The van der Waals surface area contributed by atoms with Gasteiger partial charge in [-0.05, 0) is 68.6 Å². The summed E-state index contributed by atoms with van der Waals surface area (Å²) in [5.74, 6) is 1.10. The maximum atomic E-state index is 12.7. The zero-order chi connectivity index (χ0) is 20.4. The summed E-state index contributed by atoms with van der Waals surface area (Å²) in [7, 11) is 1.57. The Morgan fingerprint density at radius 3 is 2.72 bits per heavy atom. The van der Waals surface area contributed by atoms with Gasteiger partial charge in [0.1, 0.15) is 5.75 Å². The van der Waals surface area contributed by atoms with Gasteiger partial charge in [0, 0.05) is 22.8 Å². The molecular weight excluding hydrogens is 386 g/mol. The maximum absolute atomic E-state index is 12.7. The molecule has 0 spiro atoms. The third-order valence-corrected chi connectivity index (χ3v) is 6.23. The molecule has 2 aromatic carbocycles. The second-order valence-corrected chi connectivity index (χ2v) is 8.02. The monoisotopic (exact) mass is 411 g/mol. The molecule has 2 N–H and O–H groups in total. The van der Waals surface area contributed by atoms with Crippen LogP contribution in [0.3, 0.4) is 0 Å². The first-order valence-corrected chi connectivity index (χ1v) is 10.4. The Morgan fingerprint density at radius 1 is 1.24 bits per heavy atom. The van der Waals surface area contributed by atoms with Crippen LogP contribution in [0.1, 0.15) is 31.2 Å². The summed E-state index contributed by atoms with van der Waals surface area (Å²) < 4.78 is 5.16. The van der Waals surface area contributed by atoms with Crippen molar-refractivity contribution in [1.82, 2.24) is 9.88 Å². The average Bonchev–Trinajstić information content (AvgIpc) is 3.17. The van der Waals surface area contributed by atoms with E-state index >= 15 is 0 Å². The van der Waals surface area contributed by atoms with Crippen molar-refractivity contribution in [2.45, 2.75) is 31.7 Å². The highest BCUT2D eigenvalue weighted by molar-refractivity contribution is 6.32. The van der Waals surface area contributed by atoms with E-state index in [0.29, 0.717) is 22.4 Å². The van der Waals surface area contributed by atoms with Crippen LogP contribution in [0, 0.1) is 0 Å². The number of H-pyrrole nitrogens is 1. The van der Waals surface area contributed by atoms with Crippen molar-refractivity contribution < 1.29 is 9.53 Å². The molecular formula is C23H26ClN3O2. The molecule has 1 saturated heterocycles. The maximum Gasteiger partial charge on any atom is 0.241 e. The molecule has 1 aromatic heterocycles. The number of halogens is 1. The Hall–Kier alpha value is -2.50. The number of aromatic amines is 1. The molecule has 29 heavy (non-hydrogen) atoms. The van der Waals surface area contributed by atoms with Crippen LogP contribution in [-0.2, 0) is 4.79 Å². The van der Waals surface area contributed by atoms with E-state index in [1.807, 2.05) is 6.92 Å². The Morgan fingerprint density at radius 2 is 2.00 bits per heavy atom. The molecule has 1 aliphatic rings. The number of likely N-dealkylation sites (tertiary alicyclic amines) is 1. The van der Waals surface area contributed by atoms with Gasteiger partial charge in [-0.25, -0.2) is 0 Å². The zero-order valence-electron chi connectivity index (χ0n) is 16.7. The number of carbonyl (C=O) groups is 1. The summed E-state index contributed by atoms with van der Waals surface area (Å²) in [4.78, 5) is 18.4. The van der Waals surface area contributed by atoms with E-state index in [1.165, 1.54) is 16.5 Å². The fourth-order valence-corrected chi connectivity index (χ4v) is 4.44. The fourth-order valence-electron chi connectivity index (χ4n) is 4.19. The molecule has 6 heteroatoms. The van der Waals surface area contributed by atoms with Gasteiger partial charge in [-0.1, -0.05) is 29.8 Å². The van der Waals surface area contributed by atoms with Crippen molar-refractivity contribution in [2.24, 2.45) is 0 Å². The quantitative estimate of drug-likeness (QED) is 0.618. The molecule has 1 unspecified atom stereocenters. The largest absolute Gasteiger partial charge is 0.495 e. The Bertz CT molecular complexity index is 1010. The molecule has 2 heterocycles. The van der Waals surface area contributed by atoms with Crippen LogP contribution in [0.25, 0.3) is 10.9 Å². The molecule has 0 bridgehead atoms. The number of carbonyl (C=O) groups excluding carboxylic acids is 1. The number of aromatic nitrogens is 1. The van der Waals surface area contributed by atoms with E-state index in [4.69, 9.17) is 16.3 Å². The Kier molecular flexibility index (Phi) is 5.79. The molecule has 0 radical (unpaired) electrons. The van der Waals surface area contributed by atoms with Crippen LogP contribution < -0.4 is 10.1 Å². The molecule has 5 nitrogen and oxygen atoms in total. The van der Waals surface area contributed by atoms with E-state index in [9.17, 15) is 4.79 Å². The van der Waals surface area contributed by atoms with Crippen molar-refractivity contribution in [2.75, 3.05) is 25.5 Å². The third kappa shape index (κ3) is 4.11. The van der Waals surface area contributed by atoms with E-state index < -0.39 is 0 Å². The molecule has 3 aromatic rings. The van der Waals surface area contributed by atoms with Gasteiger partial charge < -0.3 is 15.0 Å². The van der Waals surface area contributed by atoms with Crippen molar-refractivity contribution in [3.05, 3.63) is 59.2 Å². The number of para-hydroxylation sites is 1. The smallest absolute Gasteiger partial charge is 0.241 e. The number of hydrogen-bond acceptors (Lipinski definition) is 3. The highest BCUT2D eigenvalue weighted by atomic mass is 35.5. The first-order valence-electron chi connectivity index (χ1n) is 10.0. The minimum atomic E-state index is -0.195. The minimum absolute atomic E-state index is 0.0169. The molecule has 0 aliphatic carbocycles. The van der Waals surface area contributed by atoms with Gasteiger partial charge in [0.2, 0.25) is 5.91 Å². The number of methoxy groups -OCH3 is 1. The van der Waals surface area contributed by atoms with Crippen LogP contribution in [0.5, 0.6) is 5.75 Å². The second kappa shape index (κ2) is 8.47. The van der Waals surface area contributed by atoms with Crippen LogP contribution >= 0.6 is 11.6 Å². The van der Waals surface area contributed by atoms with Crippen LogP contribution in [-0.4, -0.2) is 42.0 Å². The van der Waals surface area contributed by atoms with Crippen LogP contribution in [0.4, 0.5) is 5.69 Å². The lowest BCUT2D eigenvalue weighted by atomic mass is 9.88. The minimum Gasteiger partial charge on any atom is -0.495 e. The predicted octanol–water partition coefficient (Wildman–Crippen LogP) is 5.04. The summed E-state index contributed by atoms with van der Waals surface area (Å²) in [5.41, 5.74) is 3.27. The van der Waals surface area contributed by atoms with Crippen molar-refractivity contribution in [3.63, 3.8) is 0 Å². The van der Waals surface area contributed by atoms with Gasteiger partial charge in [-0.3, -0.25) is 9.69 Å². The van der Waals surface area contributed by atoms with Gasteiger partial charge in [0.25, 0.3) is 0 Å². The van der Waals surface area contributed by atoms with E-state index in [-0.39, 0.29) is 11.9 Å². The van der Waals surface area contributed by atoms with Gasteiger partial charge in [-0.15, -0.1) is 0 Å². The molecule has 152 valence electrons. The zero-order valence-corrected chi connectivity index (χ0v) is 17.5. The summed E-state index contributed by atoms with van der Waals surface area (Å²) in [5, 5.41) is 4.77. The molecule has 0 saturated carbocycles. The second-order valence-electron chi connectivity index (χ2n) is 7.61. The lowest BCUT2D eigenvalue weighted by Crippen LogP contribution is -2.45. The SMILES string of the molecule is COc1ccc(NC(=O)C(C)N2CCC(c3c[nH]c4ccccc34)CC2)cc1Cl. The Balaban J connectivity index is 1.36. The van der Waals surface area contributed by atoms with Crippen molar-refractivity contribution in [1.29, 1.82) is 0 Å². The van der Waals surface area contributed by atoms with Gasteiger partial charge >= 0.3 is 0 Å². The van der Waals surface area contributed by atoms with Gasteiger partial charge in [0.05, 0.1) is 18.2 Å². The highest BCUT2D eigenvalue weighted by Gasteiger charge is 2.28. The first kappa shape index (κ1) is 19.8. The van der Waals surface area contributed by atoms with E-state index in [1.54, 1.807) is 25.3 Å². The normalized spacial score (nSPS) is 16.7. The summed E-state index contributed by atoms with van der Waals surface area (Å²) >= 11 is 6.16. The van der Waals surface area contributed by atoms with Crippen molar-refractivity contribution >= 4 is 34.1 Å². The molecule has 1 atom stereocenters. The number of nitrogens with one attached hydrogen (secondary N) is 2. The summed E-state index contributed by atoms with van der Waals surface area (Å²) in [6, 6.07) is 13.5. The predicted molar refractivity (Wildman–Crippen MR) is 118 cm³/mol. The number of rotatable bonds is 5. The average molecular weight is 412 g/mol. The first-order chi connectivity index (χ1) is 14.1. The number of piperidine rings is 1. The van der Waals surface area contributed by atoms with E-state index in [2.05, 4.69) is 45.7 Å². The Labute approximate surface area is 176 Å². The lowest BCUT2D eigenvalue weighted by molar-refractivity contribution is -0.121. The molecule has 1 aliphatic heterocycles.